The first-order valence-electron chi connectivity index (χ1n) is 5.11. The van der Waals surface area contributed by atoms with Crippen molar-refractivity contribution in [2.45, 2.75) is 33.3 Å². The monoisotopic (exact) mass is 225 g/mol. The zero-order chi connectivity index (χ0) is 12.3. The van der Waals surface area contributed by atoms with E-state index in [1.165, 1.54) is 0 Å². The van der Waals surface area contributed by atoms with Crippen molar-refractivity contribution in [1.29, 1.82) is 0 Å². The van der Waals surface area contributed by atoms with Gasteiger partial charge in [-0.25, -0.2) is 15.8 Å². The Morgan fingerprint density at radius 2 is 1.81 bits per heavy atom. The Kier molecular flexibility index (Phi) is 3.66. The van der Waals surface area contributed by atoms with Crippen LogP contribution in [0.25, 0.3) is 0 Å². The van der Waals surface area contributed by atoms with Gasteiger partial charge in [-0.2, -0.15) is 0 Å². The van der Waals surface area contributed by atoms with Crippen LogP contribution in [0.15, 0.2) is 0 Å². The highest BCUT2D eigenvalue weighted by atomic mass is 16.3. The molecule has 90 valence electrons. The summed E-state index contributed by atoms with van der Waals surface area (Å²) in [6.07, 6.45) is 0. The number of nitrogens with two attached hydrogens (primary N) is 1. The SMILES string of the molecule is Cc1nc(NN)c(C)c(NCC(C)(C)O)n1. The van der Waals surface area contributed by atoms with E-state index < -0.39 is 5.60 Å². The minimum Gasteiger partial charge on any atom is -0.389 e. The Bertz CT molecular complexity index is 372. The molecule has 1 aromatic heterocycles. The molecule has 0 bridgehead atoms. The van der Waals surface area contributed by atoms with Crippen molar-refractivity contribution in [1.82, 2.24) is 9.97 Å². The summed E-state index contributed by atoms with van der Waals surface area (Å²) in [7, 11) is 0. The van der Waals surface area contributed by atoms with Gasteiger partial charge in [0.15, 0.2) is 0 Å². The largest absolute Gasteiger partial charge is 0.389 e. The second-order valence-corrected chi connectivity index (χ2v) is 4.40. The van der Waals surface area contributed by atoms with Crippen molar-refractivity contribution >= 4 is 11.6 Å². The molecule has 0 unspecified atom stereocenters. The van der Waals surface area contributed by atoms with Crippen molar-refractivity contribution < 1.29 is 5.11 Å². The number of hydrazine groups is 1. The normalized spacial score (nSPS) is 11.4. The topological polar surface area (TPSA) is 96.1 Å². The number of aryl methyl sites for hydroxylation is 1. The lowest BCUT2D eigenvalue weighted by Crippen LogP contribution is -2.30. The highest BCUT2D eigenvalue weighted by Crippen LogP contribution is 2.19. The third-order valence-electron chi connectivity index (χ3n) is 2.08. The van der Waals surface area contributed by atoms with Crippen molar-refractivity contribution in [3.8, 4) is 0 Å². The highest BCUT2D eigenvalue weighted by Gasteiger charge is 2.14. The summed E-state index contributed by atoms with van der Waals surface area (Å²) in [6, 6.07) is 0. The molecule has 6 nitrogen and oxygen atoms in total. The predicted octanol–water partition coefficient (Wildman–Crippen LogP) is 0.562. The van der Waals surface area contributed by atoms with E-state index in [9.17, 15) is 5.11 Å². The second kappa shape index (κ2) is 4.63. The fourth-order valence-electron chi connectivity index (χ4n) is 1.24. The van der Waals surface area contributed by atoms with E-state index in [0.29, 0.717) is 24.0 Å². The summed E-state index contributed by atoms with van der Waals surface area (Å²) in [4.78, 5) is 8.40. The van der Waals surface area contributed by atoms with Gasteiger partial charge < -0.3 is 15.8 Å². The van der Waals surface area contributed by atoms with E-state index in [0.717, 1.165) is 5.56 Å². The summed E-state index contributed by atoms with van der Waals surface area (Å²) < 4.78 is 0. The molecule has 0 spiro atoms. The van der Waals surface area contributed by atoms with Crippen LogP contribution < -0.4 is 16.6 Å². The Hall–Kier alpha value is -1.40. The molecular formula is C10H19N5O. The molecule has 0 saturated carbocycles. The summed E-state index contributed by atoms with van der Waals surface area (Å²) in [5.41, 5.74) is 2.56. The number of aromatic nitrogens is 2. The van der Waals surface area contributed by atoms with Crippen LogP contribution in [-0.2, 0) is 0 Å². The van der Waals surface area contributed by atoms with Crippen molar-refractivity contribution in [2.75, 3.05) is 17.3 Å². The van der Waals surface area contributed by atoms with Gasteiger partial charge in [0.05, 0.1) is 5.60 Å². The fourth-order valence-corrected chi connectivity index (χ4v) is 1.24. The van der Waals surface area contributed by atoms with E-state index in [4.69, 9.17) is 5.84 Å². The van der Waals surface area contributed by atoms with Gasteiger partial charge in [0.1, 0.15) is 17.5 Å². The summed E-state index contributed by atoms with van der Waals surface area (Å²) in [6.45, 7) is 7.52. The Morgan fingerprint density at radius 1 is 1.25 bits per heavy atom. The molecular weight excluding hydrogens is 206 g/mol. The van der Waals surface area contributed by atoms with Crippen molar-refractivity contribution in [3.05, 3.63) is 11.4 Å². The zero-order valence-corrected chi connectivity index (χ0v) is 10.1. The zero-order valence-electron chi connectivity index (χ0n) is 10.1. The average molecular weight is 225 g/mol. The van der Waals surface area contributed by atoms with E-state index in [1.54, 1.807) is 20.8 Å². The Labute approximate surface area is 95.3 Å². The number of hydrogen-bond donors (Lipinski definition) is 4. The first-order valence-corrected chi connectivity index (χ1v) is 5.11. The van der Waals surface area contributed by atoms with Gasteiger partial charge in [0.2, 0.25) is 0 Å². The molecule has 0 aliphatic heterocycles. The molecule has 0 amide bonds. The Balaban J connectivity index is 2.91. The van der Waals surface area contributed by atoms with Crippen LogP contribution in [0.3, 0.4) is 0 Å². The summed E-state index contributed by atoms with van der Waals surface area (Å²) in [5, 5.41) is 12.7. The molecule has 0 radical (unpaired) electrons. The van der Waals surface area contributed by atoms with Crippen LogP contribution in [-0.4, -0.2) is 27.2 Å². The molecule has 0 atom stereocenters. The number of anilines is 2. The van der Waals surface area contributed by atoms with Crippen LogP contribution in [0.2, 0.25) is 0 Å². The van der Waals surface area contributed by atoms with Crippen LogP contribution in [0.4, 0.5) is 11.6 Å². The molecule has 0 aliphatic rings. The lowest BCUT2D eigenvalue weighted by molar-refractivity contribution is 0.0944. The van der Waals surface area contributed by atoms with Gasteiger partial charge in [-0.3, -0.25) is 0 Å². The van der Waals surface area contributed by atoms with Gasteiger partial charge in [0, 0.05) is 12.1 Å². The first kappa shape index (κ1) is 12.7. The van der Waals surface area contributed by atoms with Gasteiger partial charge in [-0.1, -0.05) is 0 Å². The van der Waals surface area contributed by atoms with Crippen LogP contribution >= 0.6 is 0 Å². The lowest BCUT2D eigenvalue weighted by Gasteiger charge is -2.19. The van der Waals surface area contributed by atoms with E-state index in [2.05, 4.69) is 20.7 Å². The predicted molar refractivity (Wildman–Crippen MR) is 64.1 cm³/mol. The first-order chi connectivity index (χ1) is 7.33. The van der Waals surface area contributed by atoms with Gasteiger partial charge in [0.25, 0.3) is 0 Å². The highest BCUT2D eigenvalue weighted by molar-refractivity contribution is 5.56. The maximum Gasteiger partial charge on any atom is 0.148 e. The van der Waals surface area contributed by atoms with E-state index in [-0.39, 0.29) is 0 Å². The van der Waals surface area contributed by atoms with E-state index in [1.807, 2.05) is 6.92 Å². The molecule has 0 saturated heterocycles. The van der Waals surface area contributed by atoms with Crippen LogP contribution in [0, 0.1) is 13.8 Å². The third-order valence-corrected chi connectivity index (χ3v) is 2.08. The van der Waals surface area contributed by atoms with Crippen molar-refractivity contribution in [3.63, 3.8) is 0 Å². The quantitative estimate of drug-likeness (QED) is 0.442. The molecule has 16 heavy (non-hydrogen) atoms. The summed E-state index contributed by atoms with van der Waals surface area (Å²) >= 11 is 0. The van der Waals surface area contributed by atoms with Gasteiger partial charge >= 0.3 is 0 Å². The number of rotatable bonds is 4. The summed E-state index contributed by atoms with van der Waals surface area (Å²) in [5.74, 6) is 7.25. The van der Waals surface area contributed by atoms with Crippen molar-refractivity contribution in [2.24, 2.45) is 5.84 Å². The minimum absolute atomic E-state index is 0.411. The molecule has 0 fully saturated rings. The number of aliphatic hydroxyl groups is 1. The van der Waals surface area contributed by atoms with Gasteiger partial charge in [-0.15, -0.1) is 0 Å². The number of nitrogens with zero attached hydrogens (tertiary/aromatic N) is 2. The number of hydrogen-bond acceptors (Lipinski definition) is 6. The number of nitrogen functional groups attached to an aromatic ring is 1. The molecule has 0 aromatic carbocycles. The van der Waals surface area contributed by atoms with Gasteiger partial charge in [-0.05, 0) is 27.7 Å². The molecule has 6 heteroatoms. The third kappa shape index (κ3) is 3.32. The maximum atomic E-state index is 9.62. The minimum atomic E-state index is -0.790. The average Bonchev–Trinajstić information content (AvgIpc) is 2.17. The Morgan fingerprint density at radius 3 is 2.31 bits per heavy atom. The van der Waals surface area contributed by atoms with Crippen LogP contribution in [0.1, 0.15) is 25.2 Å². The molecule has 1 heterocycles. The maximum absolute atomic E-state index is 9.62. The number of nitrogens with one attached hydrogen (secondary N) is 2. The molecule has 5 N–H and O–H groups in total. The van der Waals surface area contributed by atoms with Crippen LogP contribution in [0.5, 0.6) is 0 Å². The fraction of sp³-hybridized carbons (Fsp3) is 0.600. The molecule has 1 rings (SSSR count). The molecule has 1 aromatic rings. The van der Waals surface area contributed by atoms with E-state index >= 15 is 0 Å². The standard InChI is InChI=1S/C10H19N5O/c1-6-8(12-5-10(3,4)16)13-7(2)14-9(6)15-11/h16H,5,11H2,1-4H3,(H2,12,13,14,15). The smallest absolute Gasteiger partial charge is 0.148 e. The lowest BCUT2D eigenvalue weighted by atomic mass is 10.1. The molecule has 0 aliphatic carbocycles. The second-order valence-electron chi connectivity index (χ2n) is 4.40.